The number of rotatable bonds is 2. The van der Waals surface area contributed by atoms with Crippen LogP contribution in [0.3, 0.4) is 0 Å². The van der Waals surface area contributed by atoms with Crippen LogP contribution in [0.1, 0.15) is 0 Å². The zero-order chi connectivity index (χ0) is 13.3. The topological polar surface area (TPSA) is 66.1 Å². The largest absolute Gasteiger partial charge is 0.496 e. The number of aryl methyl sites for hydroxylation is 1. The Morgan fingerprint density at radius 1 is 1.50 bits per heavy atom. The van der Waals surface area contributed by atoms with Crippen LogP contribution in [0.15, 0.2) is 21.9 Å². The van der Waals surface area contributed by atoms with Crippen molar-refractivity contribution in [3.63, 3.8) is 0 Å². The summed E-state index contributed by atoms with van der Waals surface area (Å²) in [6.07, 6.45) is 6.64. The molecule has 0 saturated heterocycles. The van der Waals surface area contributed by atoms with Gasteiger partial charge in [-0.15, -0.1) is 6.42 Å². The molecule has 2 aromatic rings. The molecule has 6 heteroatoms. The van der Waals surface area contributed by atoms with E-state index in [2.05, 4.69) is 10.9 Å². The maximum absolute atomic E-state index is 12.2. The number of pyridine rings is 1. The Labute approximate surface area is 102 Å². The molecule has 6 nitrogen and oxygen atoms in total. The highest BCUT2D eigenvalue weighted by Gasteiger charge is 2.14. The molecule has 0 fully saturated rings. The van der Waals surface area contributed by atoms with Crippen LogP contribution in [0.2, 0.25) is 0 Å². The fraction of sp³-hybridized carbons (Fsp3) is 0.250. The predicted octanol–water partition coefficient (Wildman–Crippen LogP) is -0.263. The van der Waals surface area contributed by atoms with Gasteiger partial charge in [-0.3, -0.25) is 9.36 Å². The summed E-state index contributed by atoms with van der Waals surface area (Å²) in [5.41, 5.74) is -0.708. The molecule has 2 heterocycles. The second kappa shape index (κ2) is 4.37. The molecule has 0 aliphatic carbocycles. The zero-order valence-corrected chi connectivity index (χ0v) is 10.0. The van der Waals surface area contributed by atoms with Gasteiger partial charge in [0.25, 0.3) is 5.56 Å². The molecule has 18 heavy (non-hydrogen) atoms. The van der Waals surface area contributed by atoms with Gasteiger partial charge < -0.3 is 4.74 Å². The van der Waals surface area contributed by atoms with Crippen LogP contribution in [-0.2, 0) is 13.6 Å². The summed E-state index contributed by atoms with van der Waals surface area (Å²) in [6.45, 7) is -0.0838. The van der Waals surface area contributed by atoms with Crippen molar-refractivity contribution >= 4 is 11.0 Å². The second-order valence-corrected chi connectivity index (χ2v) is 3.65. The lowest BCUT2D eigenvalue weighted by Gasteiger charge is -2.10. The number of aromatic nitrogens is 3. The standard InChI is InChI=1S/C12H11N3O3/c1-4-7-15-11(16)9-8(18-3)5-6-13-10(9)14(2)12(15)17/h1,5-6H,7H2,2-3H3. The van der Waals surface area contributed by atoms with Crippen LogP contribution in [0.4, 0.5) is 0 Å². The van der Waals surface area contributed by atoms with E-state index in [1.807, 2.05) is 0 Å². The summed E-state index contributed by atoms with van der Waals surface area (Å²) in [5.74, 6) is 2.65. The van der Waals surface area contributed by atoms with Gasteiger partial charge in [-0.05, 0) is 6.07 Å². The molecule has 92 valence electrons. The molecule has 0 aromatic carbocycles. The Morgan fingerprint density at radius 3 is 2.83 bits per heavy atom. The molecule has 0 N–H and O–H groups in total. The van der Waals surface area contributed by atoms with Crippen molar-refractivity contribution in [2.75, 3.05) is 7.11 Å². The Balaban J connectivity index is 3.05. The van der Waals surface area contributed by atoms with E-state index in [0.717, 1.165) is 4.57 Å². The first-order valence-electron chi connectivity index (χ1n) is 5.17. The van der Waals surface area contributed by atoms with Crippen molar-refractivity contribution in [2.45, 2.75) is 6.54 Å². The first-order chi connectivity index (χ1) is 8.61. The summed E-state index contributed by atoms with van der Waals surface area (Å²) in [7, 11) is 2.98. The van der Waals surface area contributed by atoms with Crippen LogP contribution >= 0.6 is 0 Å². The quantitative estimate of drug-likeness (QED) is 0.683. The molecule has 2 rings (SSSR count). The molecular weight excluding hydrogens is 234 g/mol. The van der Waals surface area contributed by atoms with Crippen LogP contribution < -0.4 is 16.0 Å². The summed E-state index contributed by atoms with van der Waals surface area (Å²) in [5, 5.41) is 0.248. The van der Waals surface area contributed by atoms with Gasteiger partial charge in [0.05, 0.1) is 13.7 Å². The first-order valence-corrected chi connectivity index (χ1v) is 5.17. The summed E-state index contributed by atoms with van der Waals surface area (Å²) in [4.78, 5) is 28.2. The third-order valence-corrected chi connectivity index (χ3v) is 2.66. The lowest BCUT2D eigenvalue weighted by Crippen LogP contribution is -2.39. The van der Waals surface area contributed by atoms with Gasteiger partial charge in [0.2, 0.25) is 0 Å². The number of terminal acetylenes is 1. The lowest BCUT2D eigenvalue weighted by molar-refractivity contribution is 0.418. The molecule has 0 amide bonds. The van der Waals surface area contributed by atoms with Gasteiger partial charge in [0.15, 0.2) is 5.65 Å². The van der Waals surface area contributed by atoms with Crippen molar-refractivity contribution in [2.24, 2.45) is 7.05 Å². The lowest BCUT2D eigenvalue weighted by atomic mass is 10.3. The average molecular weight is 245 g/mol. The predicted molar refractivity (Wildman–Crippen MR) is 66.6 cm³/mol. The molecule has 0 atom stereocenters. The monoisotopic (exact) mass is 245 g/mol. The number of fused-ring (bicyclic) bond motifs is 1. The number of ether oxygens (including phenoxy) is 1. The number of hydrogen-bond donors (Lipinski definition) is 0. The van der Waals surface area contributed by atoms with Crippen LogP contribution in [-0.4, -0.2) is 21.2 Å². The van der Waals surface area contributed by atoms with E-state index in [1.165, 1.54) is 24.9 Å². The van der Waals surface area contributed by atoms with Gasteiger partial charge in [-0.25, -0.2) is 14.3 Å². The summed E-state index contributed by atoms with van der Waals surface area (Å²) in [6, 6.07) is 1.56. The Morgan fingerprint density at radius 2 is 2.22 bits per heavy atom. The second-order valence-electron chi connectivity index (χ2n) is 3.65. The van der Waals surface area contributed by atoms with Crippen molar-refractivity contribution in [1.29, 1.82) is 0 Å². The van der Waals surface area contributed by atoms with Gasteiger partial charge in [-0.1, -0.05) is 5.92 Å². The molecule has 0 saturated carbocycles. The molecule has 0 radical (unpaired) electrons. The molecular formula is C12H11N3O3. The Bertz CT molecular complexity index is 765. The number of hydrogen-bond acceptors (Lipinski definition) is 4. The minimum atomic E-state index is -0.494. The normalized spacial score (nSPS) is 10.3. The van der Waals surface area contributed by atoms with Crippen molar-refractivity contribution in [3.05, 3.63) is 33.1 Å². The molecule has 0 bridgehead atoms. The van der Waals surface area contributed by atoms with Gasteiger partial charge in [-0.2, -0.15) is 0 Å². The maximum Gasteiger partial charge on any atom is 0.333 e. The maximum atomic E-state index is 12.2. The van der Waals surface area contributed by atoms with Crippen molar-refractivity contribution < 1.29 is 4.74 Å². The van der Waals surface area contributed by atoms with E-state index < -0.39 is 11.2 Å². The van der Waals surface area contributed by atoms with E-state index in [0.29, 0.717) is 5.75 Å². The van der Waals surface area contributed by atoms with E-state index >= 15 is 0 Å². The van der Waals surface area contributed by atoms with Crippen LogP contribution in [0.25, 0.3) is 11.0 Å². The highest BCUT2D eigenvalue weighted by atomic mass is 16.5. The highest BCUT2D eigenvalue weighted by Crippen LogP contribution is 2.17. The molecule has 0 aliphatic rings. The first kappa shape index (κ1) is 11.9. The molecule has 0 aliphatic heterocycles. The summed E-state index contributed by atoms with van der Waals surface area (Å²) >= 11 is 0. The van der Waals surface area contributed by atoms with Gasteiger partial charge in [0.1, 0.15) is 11.1 Å². The molecule has 0 spiro atoms. The van der Waals surface area contributed by atoms with E-state index in [4.69, 9.17) is 11.2 Å². The third kappa shape index (κ3) is 1.57. The van der Waals surface area contributed by atoms with Crippen LogP contribution in [0, 0.1) is 12.3 Å². The van der Waals surface area contributed by atoms with E-state index in [-0.39, 0.29) is 17.6 Å². The number of methoxy groups -OCH3 is 1. The van der Waals surface area contributed by atoms with Gasteiger partial charge >= 0.3 is 5.69 Å². The molecule has 2 aromatic heterocycles. The van der Waals surface area contributed by atoms with E-state index in [9.17, 15) is 9.59 Å². The third-order valence-electron chi connectivity index (χ3n) is 2.66. The zero-order valence-electron chi connectivity index (χ0n) is 10.0. The highest BCUT2D eigenvalue weighted by molar-refractivity contribution is 5.80. The Kier molecular flexibility index (Phi) is 2.90. The fourth-order valence-corrected chi connectivity index (χ4v) is 1.78. The van der Waals surface area contributed by atoms with Gasteiger partial charge in [0, 0.05) is 13.2 Å². The van der Waals surface area contributed by atoms with Crippen molar-refractivity contribution in [1.82, 2.24) is 14.1 Å². The Hall–Kier alpha value is -2.55. The average Bonchev–Trinajstić information content (AvgIpc) is 2.40. The van der Waals surface area contributed by atoms with Crippen molar-refractivity contribution in [3.8, 4) is 18.1 Å². The minimum absolute atomic E-state index is 0.0838. The van der Waals surface area contributed by atoms with Crippen LogP contribution in [0.5, 0.6) is 5.75 Å². The smallest absolute Gasteiger partial charge is 0.333 e. The number of nitrogens with zero attached hydrogens (tertiary/aromatic N) is 3. The minimum Gasteiger partial charge on any atom is -0.496 e. The summed E-state index contributed by atoms with van der Waals surface area (Å²) < 4.78 is 7.37. The fourth-order valence-electron chi connectivity index (χ4n) is 1.78. The SMILES string of the molecule is C#CCn1c(=O)c2c(OC)ccnc2n(C)c1=O. The van der Waals surface area contributed by atoms with E-state index in [1.54, 1.807) is 6.07 Å². The molecule has 0 unspecified atom stereocenters.